The van der Waals surface area contributed by atoms with E-state index in [1.54, 1.807) is 5.57 Å². The van der Waals surface area contributed by atoms with Crippen LogP contribution in [0.3, 0.4) is 0 Å². The Balaban J connectivity index is 0.000000189. The molecule has 0 bridgehead atoms. The monoisotopic (exact) mass is 504 g/mol. The number of hydrogen-bond donors (Lipinski definition) is 0. The van der Waals surface area contributed by atoms with E-state index in [2.05, 4.69) is 122 Å². The van der Waals surface area contributed by atoms with Crippen molar-refractivity contribution in [1.82, 2.24) is 0 Å². The summed E-state index contributed by atoms with van der Waals surface area (Å²) in [6.45, 7) is 0. The van der Waals surface area contributed by atoms with Crippen LogP contribution in [0.4, 0.5) is 6.18 Å². The molecule has 0 spiro atoms. The minimum Gasteiger partial charge on any atom is -0.160 e. The molecule has 4 heteroatoms. The molecule has 0 aliphatic heterocycles. The Morgan fingerprint density at radius 1 is 0.824 bits per heavy atom. The number of rotatable bonds is 3. The molecule has 2 aliphatic carbocycles. The summed E-state index contributed by atoms with van der Waals surface area (Å²) in [5, 5.41) is 6.89. The summed E-state index contributed by atoms with van der Waals surface area (Å²) in [5.41, 5.74) is 1.58. The molecule has 1 fully saturated rings. The standard InChI is InChI=1S/C21H16P.C9H11.2FH.Ti/c1-3-11-19(12-4-1)22(20-13-5-2-6-14-20)21-15-17-9-7-8-10-18(17)16-21;1-2-5-9-7-3-6-8(9)4-1;;;/h1-16H;1-2,4,6,9H,3,5,7H2;2*1H;/q2*-1;;;+2/p-2. The van der Waals surface area contributed by atoms with Crippen LogP contribution in [-0.4, -0.2) is 0 Å². The van der Waals surface area contributed by atoms with E-state index in [4.69, 9.17) is 0 Å². The fourth-order valence-electron chi connectivity index (χ4n) is 4.53. The average molecular weight is 504 g/mol. The molecule has 6 rings (SSSR count). The summed E-state index contributed by atoms with van der Waals surface area (Å²) < 4.78 is 19.5. The zero-order chi connectivity index (χ0) is 23.6. The molecule has 1 unspecified atom stereocenters. The van der Waals surface area contributed by atoms with Gasteiger partial charge in [0.25, 0.3) is 0 Å². The van der Waals surface area contributed by atoms with Crippen LogP contribution in [0.2, 0.25) is 0 Å². The van der Waals surface area contributed by atoms with Crippen LogP contribution in [0.5, 0.6) is 0 Å². The average Bonchev–Trinajstić information content (AvgIpc) is 3.53. The fourth-order valence-corrected chi connectivity index (χ4v) is 6.90. The van der Waals surface area contributed by atoms with Crippen molar-refractivity contribution in [2.45, 2.75) is 19.3 Å². The van der Waals surface area contributed by atoms with Gasteiger partial charge >= 0.3 is 26.4 Å². The van der Waals surface area contributed by atoms with E-state index in [0.29, 0.717) is 0 Å². The van der Waals surface area contributed by atoms with E-state index in [9.17, 15) is 6.18 Å². The summed E-state index contributed by atoms with van der Waals surface area (Å²) >= 11 is -2.50. The number of halogens is 2. The molecule has 4 aromatic rings. The maximum atomic E-state index is 9.75. The van der Waals surface area contributed by atoms with Crippen molar-refractivity contribution >= 4 is 34.6 Å². The Morgan fingerprint density at radius 3 is 2.06 bits per heavy atom. The van der Waals surface area contributed by atoms with Gasteiger partial charge in [-0.2, -0.15) is 6.07 Å². The molecule has 172 valence electrons. The molecule has 0 aromatic heterocycles. The van der Waals surface area contributed by atoms with E-state index in [1.807, 2.05) is 0 Å². The van der Waals surface area contributed by atoms with Crippen molar-refractivity contribution in [1.29, 1.82) is 0 Å². The van der Waals surface area contributed by atoms with Crippen LogP contribution in [0.25, 0.3) is 10.8 Å². The third-order valence-electron chi connectivity index (χ3n) is 6.10. The molecular weight excluding hydrogens is 477 g/mol. The van der Waals surface area contributed by atoms with E-state index < -0.39 is 28.1 Å². The Labute approximate surface area is 212 Å². The quantitative estimate of drug-likeness (QED) is 0.153. The van der Waals surface area contributed by atoms with Crippen molar-refractivity contribution < 1.29 is 26.4 Å². The summed E-state index contributed by atoms with van der Waals surface area (Å²) in [6, 6.07) is 35.0. The van der Waals surface area contributed by atoms with Gasteiger partial charge in [0.05, 0.1) is 0 Å². The number of fused-ring (bicyclic) bond motifs is 2. The van der Waals surface area contributed by atoms with E-state index >= 15 is 0 Å². The van der Waals surface area contributed by atoms with Gasteiger partial charge < -0.3 is 0 Å². The number of benzene rings is 3. The zero-order valence-corrected chi connectivity index (χ0v) is 21.4. The molecule has 0 radical (unpaired) electrons. The third-order valence-corrected chi connectivity index (χ3v) is 8.51. The molecule has 0 nitrogen and oxygen atoms in total. The van der Waals surface area contributed by atoms with Crippen molar-refractivity contribution in [2.24, 2.45) is 5.92 Å². The van der Waals surface area contributed by atoms with Crippen LogP contribution < -0.4 is 15.9 Å². The molecule has 34 heavy (non-hydrogen) atoms. The first-order chi connectivity index (χ1) is 16.8. The number of hydrogen-bond acceptors (Lipinski definition) is 0. The predicted molar refractivity (Wildman–Crippen MR) is 139 cm³/mol. The second kappa shape index (κ2) is 12.9. The van der Waals surface area contributed by atoms with Gasteiger partial charge in [-0.05, 0) is 30.9 Å². The maximum Gasteiger partial charge on any atom is -0.0166 e. The van der Waals surface area contributed by atoms with Gasteiger partial charge in [-0.25, -0.2) is 18.1 Å². The molecule has 4 aromatic carbocycles. The normalized spacial score (nSPS) is 15.9. The van der Waals surface area contributed by atoms with Gasteiger partial charge in [-0.1, -0.05) is 73.2 Å². The first-order valence-corrected chi connectivity index (χ1v) is 14.0. The van der Waals surface area contributed by atoms with Crippen molar-refractivity contribution in [3.63, 3.8) is 0 Å². The van der Waals surface area contributed by atoms with E-state index in [-0.39, 0.29) is 0 Å². The summed E-state index contributed by atoms with van der Waals surface area (Å²) in [6.07, 6.45) is 13.0. The third kappa shape index (κ3) is 6.39. The minimum absolute atomic E-state index is 0.493. The van der Waals surface area contributed by atoms with Gasteiger partial charge in [-0.3, -0.25) is 0 Å². The molecule has 0 amide bonds. The Kier molecular flexibility index (Phi) is 9.39. The predicted octanol–water partition coefficient (Wildman–Crippen LogP) is 7.64. The molecule has 0 heterocycles. The van der Waals surface area contributed by atoms with Crippen LogP contribution in [0, 0.1) is 12.3 Å². The first-order valence-electron chi connectivity index (χ1n) is 11.5. The fraction of sp³-hybridized carbons (Fsp3) is 0.133. The topological polar surface area (TPSA) is 0 Å². The second-order valence-corrected chi connectivity index (χ2v) is 10.7. The van der Waals surface area contributed by atoms with Crippen molar-refractivity contribution in [3.05, 3.63) is 127 Å². The summed E-state index contributed by atoms with van der Waals surface area (Å²) in [4.78, 5) is 0. The molecule has 0 N–H and O–H groups in total. The maximum absolute atomic E-state index is 9.75. The SMILES string of the molecule is C1=CCC2CC[CH-]C2=C1.[F][Ti][F].c1ccc(P(c2ccccc2)c2cc3ccccc3[cH-]2)cc1. The van der Waals surface area contributed by atoms with Crippen LogP contribution in [0.1, 0.15) is 19.3 Å². The van der Waals surface area contributed by atoms with E-state index in [0.717, 1.165) is 5.92 Å². The molecule has 1 saturated carbocycles. The van der Waals surface area contributed by atoms with Gasteiger partial charge in [0.2, 0.25) is 0 Å². The Hall–Kier alpha value is -2.38. The number of allylic oxidation sites excluding steroid dienone is 4. The van der Waals surface area contributed by atoms with E-state index in [1.165, 1.54) is 45.9 Å². The van der Waals surface area contributed by atoms with Crippen molar-refractivity contribution in [3.8, 4) is 0 Å². The van der Waals surface area contributed by atoms with Gasteiger partial charge in [0, 0.05) is 0 Å². The largest absolute Gasteiger partial charge is 0.160 e. The minimum atomic E-state index is -2.50. The second-order valence-electron chi connectivity index (χ2n) is 8.23. The van der Waals surface area contributed by atoms with Crippen LogP contribution in [0.15, 0.2) is 121 Å². The smallest absolute Gasteiger partial charge is 0.0166 e. The molecular formula is C30H27F2PTi-2. The first kappa shape index (κ1) is 24.7. The summed E-state index contributed by atoms with van der Waals surface area (Å²) in [5.74, 6) is 0.884. The van der Waals surface area contributed by atoms with Crippen LogP contribution >= 0.6 is 7.92 Å². The Morgan fingerprint density at radius 2 is 1.44 bits per heavy atom. The Bertz CT molecular complexity index is 1140. The summed E-state index contributed by atoms with van der Waals surface area (Å²) in [7, 11) is -0.493. The van der Waals surface area contributed by atoms with Gasteiger partial charge in [0.1, 0.15) is 0 Å². The molecule has 2 aliphatic rings. The zero-order valence-electron chi connectivity index (χ0n) is 18.9. The van der Waals surface area contributed by atoms with Crippen molar-refractivity contribution in [2.75, 3.05) is 0 Å². The molecule has 0 saturated heterocycles. The molecule has 1 atom stereocenters. The van der Waals surface area contributed by atoms with Gasteiger partial charge in [-0.15, -0.1) is 58.9 Å². The van der Waals surface area contributed by atoms with Gasteiger partial charge in [0.15, 0.2) is 0 Å². The van der Waals surface area contributed by atoms with Crippen LogP contribution in [-0.2, 0) is 20.2 Å².